The predicted molar refractivity (Wildman–Crippen MR) is 64.1 cm³/mol. The quantitative estimate of drug-likeness (QED) is 0.741. The maximum Gasteiger partial charge on any atom is 0.241 e. The van der Waals surface area contributed by atoms with Gasteiger partial charge in [0.05, 0.1) is 0 Å². The van der Waals surface area contributed by atoms with Crippen LogP contribution < -0.4 is 5.73 Å². The van der Waals surface area contributed by atoms with Crippen molar-refractivity contribution in [3.63, 3.8) is 0 Å². The summed E-state index contributed by atoms with van der Waals surface area (Å²) in [5.41, 5.74) is 5.73. The van der Waals surface area contributed by atoms with Gasteiger partial charge in [0.1, 0.15) is 6.04 Å². The van der Waals surface area contributed by atoms with E-state index in [0.717, 1.165) is 19.5 Å². The van der Waals surface area contributed by atoms with Gasteiger partial charge in [-0.05, 0) is 26.3 Å². The lowest BCUT2D eigenvalue weighted by molar-refractivity contribution is -0.136. The molecule has 1 saturated carbocycles. The minimum atomic E-state index is -0.0944. The Hall–Kier alpha value is -0.610. The highest BCUT2D eigenvalue weighted by molar-refractivity contribution is 5.82. The smallest absolute Gasteiger partial charge is 0.241 e. The lowest BCUT2D eigenvalue weighted by Crippen LogP contribution is -2.50. The molecule has 0 bridgehead atoms. The second-order valence-corrected chi connectivity index (χ2v) is 5.06. The molecule has 4 heteroatoms. The van der Waals surface area contributed by atoms with E-state index >= 15 is 0 Å². The van der Waals surface area contributed by atoms with Crippen LogP contribution in [0.3, 0.4) is 0 Å². The maximum atomic E-state index is 12.4. The Balaban J connectivity index is 2.09. The van der Waals surface area contributed by atoms with Gasteiger partial charge >= 0.3 is 0 Å². The predicted octanol–water partition coefficient (Wildman–Crippen LogP) is 0.420. The summed E-state index contributed by atoms with van der Waals surface area (Å²) in [5, 5.41) is 0. The van der Waals surface area contributed by atoms with Crippen LogP contribution >= 0.6 is 0 Å². The first-order valence-corrected chi connectivity index (χ1v) is 6.45. The van der Waals surface area contributed by atoms with Gasteiger partial charge in [-0.2, -0.15) is 0 Å². The maximum absolute atomic E-state index is 12.4. The van der Waals surface area contributed by atoms with Crippen LogP contribution in [0.15, 0.2) is 0 Å². The molecule has 4 nitrogen and oxygen atoms in total. The van der Waals surface area contributed by atoms with Gasteiger partial charge < -0.3 is 10.6 Å². The molecule has 1 aliphatic heterocycles. The van der Waals surface area contributed by atoms with Crippen molar-refractivity contribution >= 4 is 5.91 Å². The average Bonchev–Trinajstić information content (AvgIpc) is 2.74. The first-order valence-electron chi connectivity index (χ1n) is 6.45. The van der Waals surface area contributed by atoms with E-state index in [4.69, 9.17) is 5.73 Å². The van der Waals surface area contributed by atoms with Gasteiger partial charge in [0.2, 0.25) is 5.91 Å². The molecule has 0 radical (unpaired) electrons. The minimum Gasteiger partial charge on any atom is -0.338 e. The Bertz CT molecular complexity index is 251. The van der Waals surface area contributed by atoms with Crippen LogP contribution in [0.5, 0.6) is 0 Å². The molecule has 92 valence electrons. The Morgan fingerprint density at radius 3 is 2.56 bits per heavy atom. The normalized spacial score (nSPS) is 29.8. The van der Waals surface area contributed by atoms with Gasteiger partial charge in [0.25, 0.3) is 0 Å². The number of carbonyl (C=O) groups is 1. The summed E-state index contributed by atoms with van der Waals surface area (Å²) in [6.45, 7) is 2.35. The second kappa shape index (κ2) is 5.15. The van der Waals surface area contributed by atoms with Crippen LogP contribution in [-0.4, -0.2) is 54.5 Å². The zero-order valence-corrected chi connectivity index (χ0v) is 10.2. The molecule has 2 N–H and O–H groups in total. The number of hydrogen-bond donors (Lipinski definition) is 1. The van der Waals surface area contributed by atoms with Crippen molar-refractivity contribution in [3.05, 3.63) is 0 Å². The number of nitrogens with zero attached hydrogens (tertiary/aromatic N) is 2. The fourth-order valence-electron chi connectivity index (χ4n) is 3.00. The molecule has 0 aromatic heterocycles. The molecule has 16 heavy (non-hydrogen) atoms. The molecule has 2 fully saturated rings. The van der Waals surface area contributed by atoms with Gasteiger partial charge in [-0.1, -0.05) is 12.8 Å². The van der Waals surface area contributed by atoms with Gasteiger partial charge in [-0.15, -0.1) is 0 Å². The highest BCUT2D eigenvalue weighted by Crippen LogP contribution is 2.25. The van der Waals surface area contributed by atoms with Gasteiger partial charge in [0.15, 0.2) is 0 Å². The number of carbonyl (C=O) groups excluding carboxylic acids is 1. The van der Waals surface area contributed by atoms with Crippen LogP contribution in [0.2, 0.25) is 0 Å². The third kappa shape index (κ3) is 2.23. The molecule has 2 aliphatic rings. The van der Waals surface area contributed by atoms with E-state index in [0.29, 0.717) is 12.6 Å². The molecule has 1 amide bonds. The SMILES string of the molecule is CN1CCCN(C2CCCC2)C(=O)C1CN. The largest absolute Gasteiger partial charge is 0.338 e. The Morgan fingerprint density at radius 2 is 1.94 bits per heavy atom. The van der Waals surface area contributed by atoms with Crippen LogP contribution in [0.25, 0.3) is 0 Å². The summed E-state index contributed by atoms with van der Waals surface area (Å²) in [6, 6.07) is 0.399. The van der Waals surface area contributed by atoms with Gasteiger partial charge in [0, 0.05) is 25.7 Å². The van der Waals surface area contributed by atoms with Gasteiger partial charge in [-0.3, -0.25) is 9.69 Å². The van der Waals surface area contributed by atoms with Crippen molar-refractivity contribution in [2.45, 2.75) is 44.2 Å². The molecule has 1 saturated heterocycles. The lowest BCUT2D eigenvalue weighted by Gasteiger charge is -2.31. The molecule has 1 heterocycles. The highest BCUT2D eigenvalue weighted by atomic mass is 16.2. The number of hydrogen-bond acceptors (Lipinski definition) is 3. The summed E-state index contributed by atoms with van der Waals surface area (Å²) < 4.78 is 0. The first-order chi connectivity index (χ1) is 7.74. The van der Waals surface area contributed by atoms with Crippen LogP contribution in [-0.2, 0) is 4.79 Å². The van der Waals surface area contributed by atoms with Crippen LogP contribution in [0.4, 0.5) is 0 Å². The molecule has 1 atom stereocenters. The number of likely N-dealkylation sites (N-methyl/N-ethyl adjacent to an activating group) is 1. The van der Waals surface area contributed by atoms with Crippen LogP contribution in [0.1, 0.15) is 32.1 Å². The number of rotatable bonds is 2. The van der Waals surface area contributed by atoms with E-state index < -0.39 is 0 Å². The van der Waals surface area contributed by atoms with E-state index in [1.807, 2.05) is 7.05 Å². The van der Waals surface area contributed by atoms with E-state index in [1.165, 1.54) is 25.7 Å². The topological polar surface area (TPSA) is 49.6 Å². The third-order valence-electron chi connectivity index (χ3n) is 4.00. The average molecular weight is 225 g/mol. The molecular formula is C12H23N3O. The lowest BCUT2D eigenvalue weighted by atomic mass is 10.1. The van der Waals surface area contributed by atoms with Crippen molar-refractivity contribution in [2.75, 3.05) is 26.7 Å². The molecule has 1 unspecified atom stereocenters. The highest BCUT2D eigenvalue weighted by Gasteiger charge is 2.34. The summed E-state index contributed by atoms with van der Waals surface area (Å²) in [6.07, 6.45) is 6.00. The van der Waals surface area contributed by atoms with Crippen molar-refractivity contribution < 1.29 is 4.79 Å². The Morgan fingerprint density at radius 1 is 1.25 bits per heavy atom. The summed E-state index contributed by atoms with van der Waals surface area (Å²) >= 11 is 0. The second-order valence-electron chi connectivity index (χ2n) is 5.06. The standard InChI is InChI=1S/C12H23N3O/c1-14-7-4-8-15(10-5-2-3-6-10)12(16)11(14)9-13/h10-11H,2-9,13H2,1H3. The first kappa shape index (κ1) is 11.9. The zero-order valence-electron chi connectivity index (χ0n) is 10.2. The van der Waals surface area contributed by atoms with Crippen molar-refractivity contribution in [3.8, 4) is 0 Å². The van der Waals surface area contributed by atoms with E-state index in [-0.39, 0.29) is 11.9 Å². The van der Waals surface area contributed by atoms with Gasteiger partial charge in [-0.25, -0.2) is 0 Å². The molecule has 0 aromatic rings. The molecule has 1 aliphatic carbocycles. The van der Waals surface area contributed by atoms with Crippen LogP contribution in [0, 0.1) is 0 Å². The van der Waals surface area contributed by atoms with E-state index in [2.05, 4.69) is 9.80 Å². The van der Waals surface area contributed by atoms with E-state index in [9.17, 15) is 4.79 Å². The summed E-state index contributed by atoms with van der Waals surface area (Å²) in [4.78, 5) is 16.6. The number of nitrogens with two attached hydrogens (primary N) is 1. The third-order valence-corrected chi connectivity index (χ3v) is 4.00. The summed E-state index contributed by atoms with van der Waals surface area (Å²) in [5.74, 6) is 0.259. The molecular weight excluding hydrogens is 202 g/mol. The summed E-state index contributed by atoms with van der Waals surface area (Å²) in [7, 11) is 2.01. The minimum absolute atomic E-state index is 0.0944. The molecule has 0 aromatic carbocycles. The zero-order chi connectivity index (χ0) is 11.5. The van der Waals surface area contributed by atoms with E-state index in [1.54, 1.807) is 0 Å². The number of amides is 1. The molecule has 0 spiro atoms. The Kier molecular flexibility index (Phi) is 3.82. The fourth-order valence-corrected chi connectivity index (χ4v) is 3.00. The van der Waals surface area contributed by atoms with Crippen molar-refractivity contribution in [2.24, 2.45) is 5.73 Å². The fraction of sp³-hybridized carbons (Fsp3) is 0.917. The van der Waals surface area contributed by atoms with Crippen molar-refractivity contribution in [1.29, 1.82) is 0 Å². The monoisotopic (exact) mass is 225 g/mol. The molecule has 2 rings (SSSR count). The Labute approximate surface area is 97.8 Å². The van der Waals surface area contributed by atoms with Crippen molar-refractivity contribution in [1.82, 2.24) is 9.80 Å².